The molecule has 6 heteroatoms. The van der Waals surface area contributed by atoms with Gasteiger partial charge in [0.2, 0.25) is 11.5 Å². The van der Waals surface area contributed by atoms with Crippen molar-refractivity contribution in [3.63, 3.8) is 0 Å². The Balaban J connectivity index is 1.49. The molecule has 0 saturated heterocycles. The summed E-state index contributed by atoms with van der Waals surface area (Å²) in [6, 6.07) is 25.8. The summed E-state index contributed by atoms with van der Waals surface area (Å²) in [5.41, 5.74) is 6.54. The van der Waals surface area contributed by atoms with E-state index in [1.54, 1.807) is 0 Å². The number of ether oxygens (including phenoxy) is 6. The van der Waals surface area contributed by atoms with E-state index in [4.69, 9.17) is 28.4 Å². The predicted octanol–water partition coefficient (Wildman–Crippen LogP) is 20.0. The van der Waals surface area contributed by atoms with E-state index in [1.807, 2.05) is 0 Å². The lowest BCUT2D eigenvalue weighted by Gasteiger charge is -2.19. The maximum atomic E-state index is 6.59. The molecule has 4 rings (SSSR count). The topological polar surface area (TPSA) is 55.4 Å². The van der Waals surface area contributed by atoms with E-state index in [1.165, 1.54) is 89.9 Å². The molecule has 0 aliphatic heterocycles. The molecule has 0 aromatic heterocycles. The van der Waals surface area contributed by atoms with Crippen molar-refractivity contribution in [1.29, 1.82) is 0 Å². The van der Waals surface area contributed by atoms with E-state index in [2.05, 4.69) is 151 Å². The molecule has 72 heavy (non-hydrogen) atoms. The second-order valence-electron chi connectivity index (χ2n) is 19.4. The van der Waals surface area contributed by atoms with Crippen LogP contribution in [0.5, 0.6) is 34.5 Å². The zero-order valence-corrected chi connectivity index (χ0v) is 46.1. The number of benzene rings is 4. The highest BCUT2D eigenvalue weighted by Crippen LogP contribution is 2.43. The molecule has 0 radical (unpaired) electrons. The molecule has 0 N–H and O–H groups in total. The minimum absolute atomic E-state index is 0.652. The van der Waals surface area contributed by atoms with Crippen LogP contribution in [0.2, 0.25) is 0 Å². The van der Waals surface area contributed by atoms with E-state index in [9.17, 15) is 0 Å². The van der Waals surface area contributed by atoms with Crippen molar-refractivity contribution in [2.75, 3.05) is 39.6 Å². The summed E-state index contributed by atoms with van der Waals surface area (Å²) in [5, 5.41) is 0. The van der Waals surface area contributed by atoms with Crippen LogP contribution in [0, 0.1) is 0 Å². The molecule has 0 amide bonds. The van der Waals surface area contributed by atoms with Gasteiger partial charge in [-0.2, -0.15) is 0 Å². The molecule has 0 aliphatic carbocycles. The van der Waals surface area contributed by atoms with Crippen molar-refractivity contribution in [3.05, 3.63) is 106 Å². The first kappa shape index (κ1) is 59.5. The van der Waals surface area contributed by atoms with Crippen molar-refractivity contribution in [2.45, 2.75) is 196 Å². The summed E-state index contributed by atoms with van der Waals surface area (Å²) in [6.45, 7) is 17.4. The van der Waals surface area contributed by atoms with Crippen molar-refractivity contribution in [3.8, 4) is 34.5 Å². The lowest BCUT2D eigenvalue weighted by Crippen LogP contribution is -2.07. The van der Waals surface area contributed by atoms with Gasteiger partial charge in [0.1, 0.15) is 0 Å². The predicted molar refractivity (Wildman–Crippen MR) is 310 cm³/mol. The van der Waals surface area contributed by atoms with Gasteiger partial charge in [0, 0.05) is 11.1 Å². The van der Waals surface area contributed by atoms with E-state index in [0.717, 1.165) is 132 Å². The van der Waals surface area contributed by atoms with Gasteiger partial charge in [-0.25, -0.2) is 0 Å². The highest BCUT2D eigenvalue weighted by Gasteiger charge is 2.19. The summed E-state index contributed by atoms with van der Waals surface area (Å²) >= 11 is 0. The van der Waals surface area contributed by atoms with Crippen LogP contribution < -0.4 is 28.4 Å². The molecule has 0 aliphatic rings. The van der Waals surface area contributed by atoms with Gasteiger partial charge in [-0.1, -0.05) is 242 Å². The van der Waals surface area contributed by atoms with Crippen LogP contribution in [-0.4, -0.2) is 39.6 Å². The van der Waals surface area contributed by atoms with Gasteiger partial charge in [0.05, 0.1) is 39.6 Å². The Bertz CT molecular complexity index is 1930. The van der Waals surface area contributed by atoms with Crippen LogP contribution in [0.25, 0.3) is 36.5 Å². The SMILES string of the molecule is CCCCCCOc1ccc(/C=C/c2ccc(/C=C/c3ccc(/C=C/c4ccc(OCCCCCC)c(OCCCCCC)c4OCCCCCC)cc3)cc2)c(OCCCCCC)c1OCCCCCC. The van der Waals surface area contributed by atoms with Crippen LogP contribution in [0.3, 0.4) is 0 Å². The number of hydrogen-bond acceptors (Lipinski definition) is 6. The van der Waals surface area contributed by atoms with Gasteiger partial charge in [-0.05, 0) is 85.0 Å². The Morgan fingerprint density at radius 3 is 0.736 bits per heavy atom. The average Bonchev–Trinajstić information content (AvgIpc) is 3.40. The first-order valence-electron chi connectivity index (χ1n) is 28.9. The van der Waals surface area contributed by atoms with Crippen molar-refractivity contribution < 1.29 is 28.4 Å². The number of unbranched alkanes of at least 4 members (excludes halogenated alkanes) is 18. The molecule has 4 aromatic carbocycles. The molecule has 6 nitrogen and oxygen atoms in total. The lowest BCUT2D eigenvalue weighted by atomic mass is 10.1. The summed E-state index contributed by atoms with van der Waals surface area (Å²) < 4.78 is 39.0. The number of rotatable bonds is 42. The maximum Gasteiger partial charge on any atom is 0.204 e. The van der Waals surface area contributed by atoms with Gasteiger partial charge in [0.25, 0.3) is 0 Å². The molecule has 0 fully saturated rings. The minimum atomic E-state index is 0.652. The number of hydrogen-bond donors (Lipinski definition) is 0. The Labute approximate surface area is 439 Å². The monoisotopic (exact) mass is 985 g/mol. The highest BCUT2D eigenvalue weighted by atomic mass is 16.5. The quantitative estimate of drug-likeness (QED) is 0.0326. The Morgan fingerprint density at radius 1 is 0.236 bits per heavy atom. The third kappa shape index (κ3) is 23.6. The largest absolute Gasteiger partial charge is 0.490 e. The van der Waals surface area contributed by atoms with Crippen molar-refractivity contribution in [2.24, 2.45) is 0 Å². The average molecular weight is 985 g/mol. The third-order valence-electron chi connectivity index (χ3n) is 13.0. The Kier molecular flexibility index (Phi) is 31.8. The smallest absolute Gasteiger partial charge is 0.204 e. The standard InChI is InChI=1S/C66H96O6/c1-7-13-19-25-49-67-61-47-45-59(63(69-51-27-21-15-9-3)65(61)71-53-29-23-17-11-5)43-41-57-37-33-55(34-38-57)31-32-56-35-39-58(40-36-56)42-44-60-46-48-62(68-50-26-20-14-8-2)66(72-54-30-24-18-12-6)64(60)70-52-28-22-16-10-4/h31-48H,7-30,49-54H2,1-6H3/b32-31+,43-41+,44-42+. The van der Waals surface area contributed by atoms with Gasteiger partial charge in [-0.15, -0.1) is 0 Å². The van der Waals surface area contributed by atoms with E-state index < -0.39 is 0 Å². The van der Waals surface area contributed by atoms with Crippen molar-refractivity contribution in [1.82, 2.24) is 0 Å². The molecule has 0 saturated carbocycles. The Hall–Kier alpha value is -5.10. The fraction of sp³-hybridized carbons (Fsp3) is 0.545. The molecule has 0 bridgehead atoms. The van der Waals surface area contributed by atoms with E-state index in [0.29, 0.717) is 39.6 Å². The molecular weight excluding hydrogens is 889 g/mol. The zero-order valence-electron chi connectivity index (χ0n) is 46.1. The minimum Gasteiger partial charge on any atom is -0.490 e. The van der Waals surface area contributed by atoms with Crippen LogP contribution in [0.4, 0.5) is 0 Å². The zero-order chi connectivity index (χ0) is 51.1. The summed E-state index contributed by atoms with van der Waals surface area (Å²) in [7, 11) is 0. The van der Waals surface area contributed by atoms with E-state index >= 15 is 0 Å². The lowest BCUT2D eigenvalue weighted by molar-refractivity contribution is 0.234. The summed E-state index contributed by atoms with van der Waals surface area (Å²) in [6.07, 6.45) is 40.6. The third-order valence-corrected chi connectivity index (χ3v) is 13.0. The van der Waals surface area contributed by atoms with Gasteiger partial charge >= 0.3 is 0 Å². The first-order chi connectivity index (χ1) is 35.5. The summed E-state index contributed by atoms with van der Waals surface area (Å²) in [4.78, 5) is 0. The van der Waals surface area contributed by atoms with Crippen molar-refractivity contribution >= 4 is 36.5 Å². The molecule has 396 valence electrons. The fourth-order valence-corrected chi connectivity index (χ4v) is 8.42. The molecule has 0 spiro atoms. The first-order valence-corrected chi connectivity index (χ1v) is 28.9. The normalized spacial score (nSPS) is 11.6. The molecular formula is C66H96O6. The van der Waals surface area contributed by atoms with Crippen LogP contribution >= 0.6 is 0 Å². The van der Waals surface area contributed by atoms with Gasteiger partial charge in [-0.3, -0.25) is 0 Å². The van der Waals surface area contributed by atoms with Gasteiger partial charge in [0.15, 0.2) is 23.0 Å². The second kappa shape index (κ2) is 38.5. The second-order valence-corrected chi connectivity index (χ2v) is 19.4. The summed E-state index contributed by atoms with van der Waals surface area (Å²) in [5.74, 6) is 4.63. The molecule has 0 unspecified atom stereocenters. The maximum absolute atomic E-state index is 6.59. The van der Waals surface area contributed by atoms with Crippen LogP contribution in [0.1, 0.15) is 229 Å². The molecule has 0 atom stereocenters. The van der Waals surface area contributed by atoms with Gasteiger partial charge < -0.3 is 28.4 Å². The van der Waals surface area contributed by atoms with Crippen LogP contribution in [0.15, 0.2) is 72.8 Å². The molecule has 4 aromatic rings. The van der Waals surface area contributed by atoms with Crippen LogP contribution in [-0.2, 0) is 0 Å². The fourth-order valence-electron chi connectivity index (χ4n) is 8.42. The highest BCUT2D eigenvalue weighted by molar-refractivity contribution is 5.78. The molecule has 0 heterocycles. The Morgan fingerprint density at radius 2 is 0.472 bits per heavy atom. The van der Waals surface area contributed by atoms with E-state index in [-0.39, 0.29) is 0 Å².